The second-order valence-electron chi connectivity index (χ2n) is 11.1. The summed E-state index contributed by atoms with van der Waals surface area (Å²) >= 11 is 0. The van der Waals surface area contributed by atoms with Gasteiger partial charge in [-0.2, -0.15) is 0 Å². The number of benzene rings is 1. The average molecular weight is 698 g/mol. The van der Waals surface area contributed by atoms with E-state index in [0.29, 0.717) is 12.2 Å². The largest absolute Gasteiger partial charge is 0.456 e. The summed E-state index contributed by atoms with van der Waals surface area (Å²) in [7, 11) is -1.43. The molecule has 0 aromatic heterocycles. The maximum Gasteiger partial charge on any atom is 0.326 e. The Morgan fingerprint density at radius 3 is 2.41 bits per heavy atom. The van der Waals surface area contributed by atoms with Gasteiger partial charge in [0.05, 0.1) is 11.3 Å². The Kier molecular flexibility index (Phi) is 13.9. The van der Waals surface area contributed by atoms with E-state index in [-0.39, 0.29) is 29.4 Å². The number of nitrogens with one attached hydrogen (secondary N) is 5. The molecule has 2 aliphatic heterocycles. The number of hydrogen-bond donors (Lipinski definition) is 5. The minimum absolute atomic E-state index is 0.110. The van der Waals surface area contributed by atoms with Crippen molar-refractivity contribution < 1.29 is 41.9 Å². The quantitative estimate of drug-likeness (QED) is 0.157. The Labute approximate surface area is 275 Å². The van der Waals surface area contributed by atoms with Crippen LogP contribution in [0.25, 0.3) is 0 Å². The lowest BCUT2D eigenvalue weighted by Gasteiger charge is -2.27. The maximum absolute atomic E-state index is 13.5. The zero-order valence-corrected chi connectivity index (χ0v) is 28.1. The first-order valence-electron chi connectivity index (χ1n) is 14.7. The van der Waals surface area contributed by atoms with Crippen molar-refractivity contribution >= 4 is 67.1 Å². The number of aryl methyl sites for hydroxylation is 1. The molecule has 0 unspecified atom stereocenters. The number of ether oxygens (including phenoxy) is 1. The number of fused-ring (bicyclic) bond motifs is 7. The minimum atomic E-state index is -4.19. The second kappa shape index (κ2) is 17.4. The number of carbonyl (C=O) groups is 6. The fourth-order valence-electron chi connectivity index (χ4n) is 4.37. The monoisotopic (exact) mass is 697 g/mol. The van der Waals surface area contributed by atoms with Crippen LogP contribution >= 0.6 is 21.6 Å². The first-order chi connectivity index (χ1) is 21.7. The van der Waals surface area contributed by atoms with E-state index in [9.17, 15) is 37.2 Å². The molecule has 0 saturated carbocycles. The lowest BCUT2D eigenvalue weighted by molar-refractivity contribution is -0.148. The van der Waals surface area contributed by atoms with Crippen LogP contribution in [0.15, 0.2) is 41.3 Å². The van der Waals surface area contributed by atoms with Crippen LogP contribution in [-0.4, -0.2) is 86.2 Å². The minimum Gasteiger partial charge on any atom is -0.456 e. The summed E-state index contributed by atoms with van der Waals surface area (Å²) in [5, 5.41) is 10.3. The molecule has 2 heterocycles. The van der Waals surface area contributed by atoms with Gasteiger partial charge < -0.3 is 26.0 Å². The van der Waals surface area contributed by atoms with Crippen LogP contribution < -0.4 is 26.0 Å². The molecule has 1 saturated heterocycles. The summed E-state index contributed by atoms with van der Waals surface area (Å²) in [6.07, 6.45) is 1.65. The van der Waals surface area contributed by atoms with Crippen molar-refractivity contribution in [1.82, 2.24) is 26.0 Å². The molecule has 1 aromatic rings. The van der Waals surface area contributed by atoms with Gasteiger partial charge in [0.25, 0.3) is 10.0 Å². The molecule has 252 valence electrons. The third-order valence-corrected chi connectivity index (χ3v) is 10.7. The van der Waals surface area contributed by atoms with Crippen LogP contribution in [0, 0.1) is 12.8 Å². The molecule has 4 atom stereocenters. The standard InChI is InChI=1S/C29H39N5O9S3/c1-17(2)26-29(40)30-15-25(37)43-19-6-4-5-13-44-45-16-22(28(39)33-26)32-27(38)21(31-24(36)14-19)11-12-23(35)34-46(41,42)20-9-7-18(3)8-10-20/h4,6-10,17,19,21-22,26H,5,11-16H2,1-3H3,(H,30,40)(H,31,36)(H,32,38)(H,33,39)(H,34,35)/t19-,21-,22-,26-/m1/s1. The van der Waals surface area contributed by atoms with E-state index in [1.54, 1.807) is 45.1 Å². The van der Waals surface area contributed by atoms with Gasteiger partial charge in [0, 0.05) is 17.9 Å². The van der Waals surface area contributed by atoms with Crippen LogP contribution in [0.3, 0.4) is 0 Å². The summed E-state index contributed by atoms with van der Waals surface area (Å²) in [6, 6.07) is 2.33. The van der Waals surface area contributed by atoms with Gasteiger partial charge in [-0.1, -0.05) is 59.2 Å². The normalized spacial score (nSPS) is 24.1. The predicted octanol–water partition coefficient (Wildman–Crippen LogP) is 0.464. The Bertz CT molecular complexity index is 1430. The topological polar surface area (TPSA) is 206 Å². The highest BCUT2D eigenvalue weighted by Crippen LogP contribution is 2.24. The molecule has 46 heavy (non-hydrogen) atoms. The van der Waals surface area contributed by atoms with Crippen molar-refractivity contribution in [3.8, 4) is 0 Å². The third-order valence-electron chi connectivity index (χ3n) is 6.88. The highest BCUT2D eigenvalue weighted by atomic mass is 33.1. The number of rotatable bonds is 6. The van der Waals surface area contributed by atoms with Gasteiger partial charge in [-0.25, -0.2) is 13.1 Å². The molecular formula is C29H39N5O9S3. The van der Waals surface area contributed by atoms with Gasteiger partial charge in [-0.05, 0) is 43.9 Å². The Morgan fingerprint density at radius 2 is 1.72 bits per heavy atom. The molecule has 1 aromatic carbocycles. The van der Waals surface area contributed by atoms with E-state index in [0.717, 1.165) is 5.56 Å². The van der Waals surface area contributed by atoms with Crippen molar-refractivity contribution in [3.05, 3.63) is 42.0 Å². The number of hydrogen-bond acceptors (Lipinski definition) is 11. The highest BCUT2D eigenvalue weighted by molar-refractivity contribution is 8.76. The number of esters is 1. The van der Waals surface area contributed by atoms with Gasteiger partial charge >= 0.3 is 5.97 Å². The number of carbonyl (C=O) groups excluding carboxylic acids is 6. The average Bonchev–Trinajstić information content (AvgIpc) is 2.98. The molecule has 5 amide bonds. The lowest BCUT2D eigenvalue weighted by atomic mass is 10.0. The van der Waals surface area contributed by atoms with Crippen LogP contribution in [0.5, 0.6) is 0 Å². The summed E-state index contributed by atoms with van der Waals surface area (Å²) < 4.78 is 32.8. The van der Waals surface area contributed by atoms with Gasteiger partial charge in [-0.15, -0.1) is 0 Å². The Hall–Kier alpha value is -3.57. The van der Waals surface area contributed by atoms with Crippen LogP contribution in [0.1, 0.15) is 45.1 Å². The number of sulfonamides is 1. The fourth-order valence-corrected chi connectivity index (χ4v) is 7.54. The lowest BCUT2D eigenvalue weighted by Crippen LogP contribution is -2.59. The SMILES string of the molecule is Cc1ccc(S(=O)(=O)NC(=O)CC[C@H]2NC(=O)C[C@H]3C=CCCSSC[C@@H](NC2=O)C(=O)N[C@H](C(C)C)C(=O)NCC(=O)O3)cc1. The smallest absolute Gasteiger partial charge is 0.326 e. The molecule has 5 N–H and O–H groups in total. The van der Waals surface area contributed by atoms with E-state index in [2.05, 4.69) is 21.3 Å². The fraction of sp³-hybridized carbons (Fsp3) is 0.517. The van der Waals surface area contributed by atoms with Crippen LogP contribution in [-0.2, 0) is 43.5 Å². The van der Waals surface area contributed by atoms with Crippen molar-refractivity contribution in [2.75, 3.05) is 18.1 Å². The van der Waals surface area contributed by atoms with E-state index < -0.39 is 82.7 Å². The molecule has 2 bridgehead atoms. The zero-order chi connectivity index (χ0) is 33.9. The van der Waals surface area contributed by atoms with Crippen molar-refractivity contribution in [2.24, 2.45) is 5.92 Å². The second-order valence-corrected chi connectivity index (χ2v) is 15.4. The summed E-state index contributed by atoms with van der Waals surface area (Å²) in [6.45, 7) is 4.69. The first kappa shape index (κ1) is 36.9. The van der Waals surface area contributed by atoms with Crippen molar-refractivity contribution in [2.45, 2.75) is 75.6 Å². The molecule has 0 radical (unpaired) electrons. The number of amides is 5. The van der Waals surface area contributed by atoms with E-state index in [1.807, 2.05) is 4.72 Å². The predicted molar refractivity (Wildman–Crippen MR) is 173 cm³/mol. The van der Waals surface area contributed by atoms with Crippen molar-refractivity contribution in [3.63, 3.8) is 0 Å². The molecule has 0 aliphatic carbocycles. The molecule has 14 nitrogen and oxygen atoms in total. The van der Waals surface area contributed by atoms with Gasteiger partial charge in [-0.3, -0.25) is 28.8 Å². The first-order valence-corrected chi connectivity index (χ1v) is 18.6. The molecule has 2 aliphatic rings. The van der Waals surface area contributed by atoms with E-state index >= 15 is 0 Å². The van der Waals surface area contributed by atoms with Gasteiger partial charge in [0.2, 0.25) is 29.5 Å². The third kappa shape index (κ3) is 11.7. The molecule has 0 spiro atoms. The van der Waals surface area contributed by atoms with Crippen LogP contribution in [0.4, 0.5) is 0 Å². The Balaban J connectivity index is 1.88. The number of allylic oxidation sites excluding steroid dienone is 1. The Morgan fingerprint density at radius 1 is 1.00 bits per heavy atom. The molecular weight excluding hydrogens is 659 g/mol. The molecule has 17 heteroatoms. The summed E-state index contributed by atoms with van der Waals surface area (Å²) in [5.74, 6) is -4.17. The summed E-state index contributed by atoms with van der Waals surface area (Å²) in [4.78, 5) is 78.2. The van der Waals surface area contributed by atoms with Gasteiger partial charge in [0.1, 0.15) is 30.8 Å². The molecule has 3 rings (SSSR count). The van der Waals surface area contributed by atoms with E-state index in [4.69, 9.17) is 4.74 Å². The van der Waals surface area contributed by atoms with Gasteiger partial charge in [0.15, 0.2) is 0 Å². The highest BCUT2D eigenvalue weighted by Gasteiger charge is 2.33. The van der Waals surface area contributed by atoms with Crippen molar-refractivity contribution in [1.29, 1.82) is 0 Å². The van der Waals surface area contributed by atoms with E-state index in [1.165, 1.54) is 33.7 Å². The maximum atomic E-state index is 13.5. The van der Waals surface area contributed by atoms with Crippen LogP contribution in [0.2, 0.25) is 0 Å². The summed E-state index contributed by atoms with van der Waals surface area (Å²) in [5.41, 5.74) is 0.827. The molecule has 1 fully saturated rings. The zero-order valence-electron chi connectivity index (χ0n) is 25.7.